The summed E-state index contributed by atoms with van der Waals surface area (Å²) >= 11 is 0. The molecule has 19 heavy (non-hydrogen) atoms. The molecule has 2 heterocycles. The maximum absolute atomic E-state index is 9.30. The van der Waals surface area contributed by atoms with Crippen LogP contribution in [0.15, 0.2) is 6.07 Å². The molecule has 2 aliphatic rings. The van der Waals surface area contributed by atoms with E-state index in [4.69, 9.17) is 4.74 Å². The molecule has 1 aromatic rings. The Balaban J connectivity index is 1.90. The molecular weight excluding hydrogens is 238 g/mol. The summed E-state index contributed by atoms with van der Waals surface area (Å²) in [7, 11) is 0. The molecule has 0 amide bonds. The van der Waals surface area contributed by atoms with Crippen molar-refractivity contribution < 1.29 is 4.74 Å². The van der Waals surface area contributed by atoms with Gasteiger partial charge in [-0.25, -0.2) is 4.98 Å². The highest BCUT2D eigenvalue weighted by Gasteiger charge is 2.29. The number of rotatable bonds is 2. The van der Waals surface area contributed by atoms with E-state index in [-0.39, 0.29) is 5.54 Å². The standard InChI is InChI=1S/C15H19N3O/c1-15(6-3-7-19-10-15)18-14-12(9-16)8-11-4-2-5-13(11)17-14/h8H,2-7,10H2,1H3,(H,17,18). The number of aromatic nitrogens is 1. The minimum absolute atomic E-state index is 0.107. The Hall–Kier alpha value is -1.60. The summed E-state index contributed by atoms with van der Waals surface area (Å²) < 4.78 is 5.55. The van der Waals surface area contributed by atoms with Gasteiger partial charge < -0.3 is 10.1 Å². The van der Waals surface area contributed by atoms with Crippen LogP contribution in [0.1, 0.15) is 43.0 Å². The Labute approximate surface area is 113 Å². The highest BCUT2D eigenvalue weighted by molar-refractivity contribution is 5.56. The molecule has 1 aromatic heterocycles. The number of hydrogen-bond donors (Lipinski definition) is 1. The van der Waals surface area contributed by atoms with Crippen LogP contribution in [0.3, 0.4) is 0 Å². The van der Waals surface area contributed by atoms with E-state index in [1.807, 2.05) is 6.07 Å². The molecule has 1 aliphatic carbocycles. The zero-order chi connectivity index (χ0) is 13.3. The highest BCUT2D eigenvalue weighted by Crippen LogP contribution is 2.29. The van der Waals surface area contributed by atoms with E-state index in [1.54, 1.807) is 0 Å². The van der Waals surface area contributed by atoms with Gasteiger partial charge in [0.25, 0.3) is 0 Å². The molecule has 0 bridgehead atoms. The molecule has 1 N–H and O–H groups in total. The Morgan fingerprint density at radius 1 is 1.42 bits per heavy atom. The van der Waals surface area contributed by atoms with Crippen molar-refractivity contribution in [2.45, 2.75) is 44.6 Å². The Morgan fingerprint density at radius 3 is 3.05 bits per heavy atom. The predicted octanol–water partition coefficient (Wildman–Crippen LogP) is 2.42. The fraction of sp³-hybridized carbons (Fsp3) is 0.600. The van der Waals surface area contributed by atoms with Gasteiger partial charge in [-0.05, 0) is 50.7 Å². The van der Waals surface area contributed by atoms with Crippen LogP contribution < -0.4 is 5.32 Å². The maximum atomic E-state index is 9.30. The SMILES string of the molecule is CC1(Nc2nc3c(cc2C#N)CCC3)CCCOC1. The number of nitrogens with zero attached hydrogens (tertiary/aromatic N) is 2. The van der Waals surface area contributed by atoms with Crippen molar-refractivity contribution in [3.05, 3.63) is 22.9 Å². The lowest BCUT2D eigenvalue weighted by Crippen LogP contribution is -2.43. The van der Waals surface area contributed by atoms with E-state index in [2.05, 4.69) is 23.3 Å². The molecule has 1 fully saturated rings. The van der Waals surface area contributed by atoms with Crippen molar-refractivity contribution in [1.29, 1.82) is 5.26 Å². The number of fused-ring (bicyclic) bond motifs is 1. The molecule has 1 unspecified atom stereocenters. The monoisotopic (exact) mass is 257 g/mol. The van der Waals surface area contributed by atoms with Gasteiger partial charge in [0.15, 0.2) is 0 Å². The fourth-order valence-corrected chi connectivity index (χ4v) is 2.97. The first-order chi connectivity index (χ1) is 9.20. The third-order valence-corrected chi connectivity index (χ3v) is 4.03. The van der Waals surface area contributed by atoms with Gasteiger partial charge >= 0.3 is 0 Å². The number of ether oxygens (including phenoxy) is 1. The first-order valence-corrected chi connectivity index (χ1v) is 6.99. The minimum atomic E-state index is -0.107. The first kappa shape index (κ1) is 12.4. The van der Waals surface area contributed by atoms with Crippen LogP contribution in [-0.4, -0.2) is 23.7 Å². The topological polar surface area (TPSA) is 57.9 Å². The van der Waals surface area contributed by atoms with Crippen molar-refractivity contribution in [3.63, 3.8) is 0 Å². The lowest BCUT2D eigenvalue weighted by atomic mass is 9.94. The highest BCUT2D eigenvalue weighted by atomic mass is 16.5. The Bertz CT molecular complexity index is 527. The number of anilines is 1. The second-order valence-electron chi connectivity index (χ2n) is 5.80. The summed E-state index contributed by atoms with van der Waals surface area (Å²) in [5.41, 5.74) is 2.95. The zero-order valence-corrected chi connectivity index (χ0v) is 11.3. The van der Waals surface area contributed by atoms with E-state index >= 15 is 0 Å². The molecular formula is C15H19N3O. The number of aryl methyl sites for hydroxylation is 2. The van der Waals surface area contributed by atoms with Crippen LogP contribution in [0.2, 0.25) is 0 Å². The summed E-state index contributed by atoms with van der Waals surface area (Å²) in [6.07, 6.45) is 5.34. The van der Waals surface area contributed by atoms with Crippen molar-refractivity contribution in [2.75, 3.05) is 18.5 Å². The molecule has 0 spiro atoms. The molecule has 3 rings (SSSR count). The van der Waals surface area contributed by atoms with Crippen molar-refractivity contribution in [1.82, 2.24) is 4.98 Å². The summed E-state index contributed by atoms with van der Waals surface area (Å²) in [6.45, 7) is 3.65. The summed E-state index contributed by atoms with van der Waals surface area (Å²) in [5, 5.41) is 12.7. The number of hydrogen-bond acceptors (Lipinski definition) is 4. The number of pyridine rings is 1. The van der Waals surface area contributed by atoms with Gasteiger partial charge in [0, 0.05) is 12.3 Å². The van der Waals surface area contributed by atoms with Crippen molar-refractivity contribution >= 4 is 5.82 Å². The Kier molecular flexibility index (Phi) is 3.16. The van der Waals surface area contributed by atoms with Crippen molar-refractivity contribution in [3.8, 4) is 6.07 Å². The molecule has 4 nitrogen and oxygen atoms in total. The third kappa shape index (κ3) is 2.43. The van der Waals surface area contributed by atoms with E-state index < -0.39 is 0 Å². The molecule has 1 saturated heterocycles. The van der Waals surface area contributed by atoms with Gasteiger partial charge in [0.1, 0.15) is 11.9 Å². The normalized spacial score (nSPS) is 25.7. The molecule has 0 aromatic carbocycles. The Morgan fingerprint density at radius 2 is 2.32 bits per heavy atom. The number of nitrogens with one attached hydrogen (secondary N) is 1. The fourth-order valence-electron chi connectivity index (χ4n) is 2.97. The summed E-state index contributed by atoms with van der Waals surface area (Å²) in [4.78, 5) is 4.67. The summed E-state index contributed by atoms with van der Waals surface area (Å²) in [6, 6.07) is 4.27. The van der Waals surface area contributed by atoms with Crippen LogP contribution in [-0.2, 0) is 17.6 Å². The minimum Gasteiger partial charge on any atom is -0.379 e. The average molecular weight is 257 g/mol. The molecule has 100 valence electrons. The number of nitriles is 1. The second kappa shape index (κ2) is 4.82. The summed E-state index contributed by atoms with van der Waals surface area (Å²) in [5.74, 6) is 0.733. The lowest BCUT2D eigenvalue weighted by Gasteiger charge is -2.35. The van der Waals surface area contributed by atoms with E-state index in [1.165, 1.54) is 5.56 Å². The van der Waals surface area contributed by atoms with Gasteiger partial charge in [0.05, 0.1) is 17.7 Å². The van der Waals surface area contributed by atoms with Crippen LogP contribution in [0.25, 0.3) is 0 Å². The van der Waals surface area contributed by atoms with Crippen LogP contribution in [0, 0.1) is 11.3 Å². The molecule has 0 radical (unpaired) electrons. The van der Waals surface area contributed by atoms with Gasteiger partial charge in [-0.15, -0.1) is 0 Å². The molecule has 1 atom stereocenters. The van der Waals surface area contributed by atoms with E-state index in [0.29, 0.717) is 12.2 Å². The maximum Gasteiger partial charge on any atom is 0.144 e. The third-order valence-electron chi connectivity index (χ3n) is 4.03. The molecule has 0 saturated carbocycles. The second-order valence-corrected chi connectivity index (χ2v) is 5.80. The van der Waals surface area contributed by atoms with Gasteiger partial charge in [-0.1, -0.05) is 0 Å². The molecule has 1 aliphatic heterocycles. The van der Waals surface area contributed by atoms with Gasteiger partial charge in [-0.3, -0.25) is 0 Å². The quantitative estimate of drug-likeness (QED) is 0.884. The van der Waals surface area contributed by atoms with Gasteiger partial charge in [0.2, 0.25) is 0 Å². The predicted molar refractivity (Wildman–Crippen MR) is 73.1 cm³/mol. The zero-order valence-electron chi connectivity index (χ0n) is 11.3. The molecule has 4 heteroatoms. The van der Waals surface area contributed by atoms with Crippen LogP contribution >= 0.6 is 0 Å². The van der Waals surface area contributed by atoms with Gasteiger partial charge in [-0.2, -0.15) is 5.26 Å². The van der Waals surface area contributed by atoms with Crippen LogP contribution in [0.4, 0.5) is 5.82 Å². The van der Waals surface area contributed by atoms with E-state index in [0.717, 1.165) is 50.2 Å². The van der Waals surface area contributed by atoms with E-state index in [9.17, 15) is 5.26 Å². The lowest BCUT2D eigenvalue weighted by molar-refractivity contribution is 0.0539. The van der Waals surface area contributed by atoms with Crippen molar-refractivity contribution in [2.24, 2.45) is 0 Å². The van der Waals surface area contributed by atoms with Crippen LogP contribution in [0.5, 0.6) is 0 Å². The largest absolute Gasteiger partial charge is 0.379 e. The average Bonchev–Trinajstić information content (AvgIpc) is 2.85. The smallest absolute Gasteiger partial charge is 0.144 e. The first-order valence-electron chi connectivity index (χ1n) is 6.99.